The third-order valence-electron chi connectivity index (χ3n) is 4.42. The molecule has 23 heavy (non-hydrogen) atoms. The lowest BCUT2D eigenvalue weighted by molar-refractivity contribution is -0.120. The number of aromatic nitrogens is 1. The third-order valence-corrected chi connectivity index (χ3v) is 5.48. The molecule has 1 amide bonds. The van der Waals surface area contributed by atoms with Gasteiger partial charge in [-0.05, 0) is 37.8 Å². The van der Waals surface area contributed by atoms with Crippen molar-refractivity contribution >= 4 is 32.6 Å². The van der Waals surface area contributed by atoms with E-state index < -0.39 is 0 Å². The lowest BCUT2D eigenvalue weighted by Gasteiger charge is -2.22. The van der Waals surface area contributed by atoms with Gasteiger partial charge in [-0.25, -0.2) is 4.98 Å². The first-order valence-electron chi connectivity index (χ1n) is 8.12. The molecule has 1 saturated heterocycles. The van der Waals surface area contributed by atoms with E-state index in [-0.39, 0.29) is 17.9 Å². The molecular formula is C17H20N2O3S. The molecule has 4 rings (SSSR count). The topological polar surface area (TPSA) is 51.7 Å². The van der Waals surface area contributed by atoms with Gasteiger partial charge in [-0.15, -0.1) is 0 Å². The van der Waals surface area contributed by atoms with Gasteiger partial charge in [0.15, 0.2) is 5.13 Å². The number of hydrogen-bond donors (Lipinski definition) is 0. The van der Waals surface area contributed by atoms with Crippen LogP contribution < -0.4 is 9.64 Å². The zero-order valence-corrected chi connectivity index (χ0v) is 14.0. The molecule has 6 heteroatoms. The monoisotopic (exact) mass is 332 g/mol. The van der Waals surface area contributed by atoms with Crippen LogP contribution in [0.1, 0.15) is 25.7 Å². The Bertz CT molecular complexity index is 720. The van der Waals surface area contributed by atoms with Crippen LogP contribution in [0.4, 0.5) is 5.13 Å². The van der Waals surface area contributed by atoms with Crippen molar-refractivity contribution in [3.63, 3.8) is 0 Å². The van der Waals surface area contributed by atoms with Crippen LogP contribution in [0.5, 0.6) is 5.75 Å². The summed E-state index contributed by atoms with van der Waals surface area (Å²) in [4.78, 5) is 19.2. The van der Waals surface area contributed by atoms with E-state index in [1.165, 1.54) is 0 Å². The van der Waals surface area contributed by atoms with Crippen molar-refractivity contribution in [2.45, 2.75) is 31.8 Å². The predicted molar refractivity (Wildman–Crippen MR) is 90.2 cm³/mol. The number of carbonyl (C=O) groups is 1. The Morgan fingerprint density at radius 3 is 3.00 bits per heavy atom. The molecule has 2 aromatic rings. The molecule has 1 aromatic carbocycles. The van der Waals surface area contributed by atoms with Crippen molar-refractivity contribution in [1.82, 2.24) is 4.98 Å². The number of benzene rings is 1. The Labute approximate surface area is 139 Å². The molecule has 122 valence electrons. The van der Waals surface area contributed by atoms with Crippen LogP contribution in [-0.2, 0) is 9.53 Å². The van der Waals surface area contributed by atoms with Crippen LogP contribution in [0.3, 0.4) is 0 Å². The molecular weight excluding hydrogens is 312 g/mol. The van der Waals surface area contributed by atoms with Crippen LogP contribution >= 0.6 is 11.3 Å². The SMILES string of the molecule is COc1ccc2sc(N(C[C@@H]3CCCO3)C(=O)C3CC3)nc2c1. The number of ether oxygens (including phenoxy) is 2. The minimum Gasteiger partial charge on any atom is -0.497 e. The molecule has 0 N–H and O–H groups in total. The summed E-state index contributed by atoms with van der Waals surface area (Å²) in [6.07, 6.45) is 4.23. The van der Waals surface area contributed by atoms with Crippen molar-refractivity contribution < 1.29 is 14.3 Å². The van der Waals surface area contributed by atoms with Crippen LogP contribution in [0.2, 0.25) is 0 Å². The van der Waals surface area contributed by atoms with E-state index in [9.17, 15) is 4.79 Å². The predicted octanol–water partition coefficient (Wildman–Crippen LogP) is 3.23. The maximum Gasteiger partial charge on any atom is 0.231 e. The molecule has 1 saturated carbocycles. The van der Waals surface area contributed by atoms with E-state index in [0.717, 1.165) is 53.4 Å². The molecule has 5 nitrogen and oxygen atoms in total. The van der Waals surface area contributed by atoms with Crippen LogP contribution in [-0.4, -0.2) is 37.3 Å². The van der Waals surface area contributed by atoms with Crippen molar-refractivity contribution in [2.75, 3.05) is 25.2 Å². The van der Waals surface area contributed by atoms with E-state index in [1.807, 2.05) is 23.1 Å². The smallest absolute Gasteiger partial charge is 0.231 e. The Morgan fingerprint density at radius 2 is 2.30 bits per heavy atom. The third kappa shape index (κ3) is 3.05. The quantitative estimate of drug-likeness (QED) is 0.843. The first kappa shape index (κ1) is 14.9. The highest BCUT2D eigenvalue weighted by Crippen LogP contribution is 2.37. The number of nitrogens with zero attached hydrogens (tertiary/aromatic N) is 2. The summed E-state index contributed by atoms with van der Waals surface area (Å²) in [5, 5.41) is 0.778. The van der Waals surface area contributed by atoms with Crippen LogP contribution in [0.25, 0.3) is 10.2 Å². The Kier molecular flexibility index (Phi) is 3.95. The van der Waals surface area contributed by atoms with Gasteiger partial charge >= 0.3 is 0 Å². The summed E-state index contributed by atoms with van der Waals surface area (Å²) in [5.41, 5.74) is 0.880. The molecule has 0 radical (unpaired) electrons. The highest BCUT2D eigenvalue weighted by atomic mass is 32.1. The van der Waals surface area contributed by atoms with Crippen molar-refractivity contribution in [3.8, 4) is 5.75 Å². The summed E-state index contributed by atoms with van der Waals surface area (Å²) in [6.45, 7) is 1.42. The van der Waals surface area contributed by atoms with E-state index >= 15 is 0 Å². The van der Waals surface area contributed by atoms with E-state index in [4.69, 9.17) is 9.47 Å². The first-order chi connectivity index (χ1) is 11.2. The number of methoxy groups -OCH3 is 1. The van der Waals surface area contributed by atoms with Crippen LogP contribution in [0, 0.1) is 5.92 Å². The summed E-state index contributed by atoms with van der Waals surface area (Å²) in [5.74, 6) is 1.16. The van der Waals surface area contributed by atoms with Gasteiger partial charge in [-0.3, -0.25) is 9.69 Å². The largest absolute Gasteiger partial charge is 0.497 e. The fourth-order valence-corrected chi connectivity index (χ4v) is 3.90. The fourth-order valence-electron chi connectivity index (χ4n) is 2.94. The first-order valence-corrected chi connectivity index (χ1v) is 8.94. The number of thiazole rings is 1. The van der Waals surface area contributed by atoms with Gasteiger partial charge in [0.1, 0.15) is 5.75 Å². The molecule has 1 atom stereocenters. The summed E-state index contributed by atoms with van der Waals surface area (Å²) < 4.78 is 12.1. The lowest BCUT2D eigenvalue weighted by atomic mass is 10.2. The maximum atomic E-state index is 12.7. The molecule has 2 fully saturated rings. The van der Waals surface area contributed by atoms with Crippen molar-refractivity contribution in [1.29, 1.82) is 0 Å². The zero-order valence-electron chi connectivity index (χ0n) is 13.2. The van der Waals surface area contributed by atoms with Gasteiger partial charge in [0.2, 0.25) is 5.91 Å². The Balaban J connectivity index is 1.65. The van der Waals surface area contributed by atoms with Gasteiger partial charge < -0.3 is 9.47 Å². The molecule has 0 unspecified atom stereocenters. The summed E-state index contributed by atoms with van der Waals surface area (Å²) >= 11 is 1.56. The maximum absolute atomic E-state index is 12.7. The van der Waals surface area contributed by atoms with E-state index in [1.54, 1.807) is 18.4 Å². The minimum absolute atomic E-state index is 0.138. The number of rotatable bonds is 5. The fraction of sp³-hybridized carbons (Fsp3) is 0.529. The summed E-state index contributed by atoms with van der Waals surface area (Å²) in [6, 6.07) is 5.85. The second-order valence-electron chi connectivity index (χ2n) is 6.19. The lowest BCUT2D eigenvalue weighted by Crippen LogP contribution is -2.38. The highest BCUT2D eigenvalue weighted by Gasteiger charge is 2.36. The Morgan fingerprint density at radius 1 is 1.43 bits per heavy atom. The molecule has 1 aromatic heterocycles. The molecule has 2 aliphatic rings. The molecule has 1 aliphatic heterocycles. The van der Waals surface area contributed by atoms with Gasteiger partial charge in [-0.2, -0.15) is 0 Å². The standard InChI is InChI=1S/C17H20N2O3S/c1-21-12-6-7-15-14(9-12)18-17(23-15)19(16(20)11-4-5-11)10-13-3-2-8-22-13/h6-7,9,11,13H,2-5,8,10H2,1H3/t13-/m0/s1. The normalized spacial score (nSPS) is 20.8. The van der Waals surface area contributed by atoms with Crippen molar-refractivity contribution in [2.24, 2.45) is 5.92 Å². The minimum atomic E-state index is 0.138. The average molecular weight is 332 g/mol. The molecule has 0 bridgehead atoms. The van der Waals surface area contributed by atoms with Crippen molar-refractivity contribution in [3.05, 3.63) is 18.2 Å². The number of fused-ring (bicyclic) bond motifs is 1. The van der Waals surface area contributed by atoms with Crippen LogP contribution in [0.15, 0.2) is 18.2 Å². The summed E-state index contributed by atoms with van der Waals surface area (Å²) in [7, 11) is 1.65. The van der Waals surface area contributed by atoms with Gasteiger partial charge in [0, 0.05) is 18.6 Å². The second kappa shape index (κ2) is 6.09. The Hall–Kier alpha value is -1.66. The van der Waals surface area contributed by atoms with Gasteiger partial charge in [-0.1, -0.05) is 11.3 Å². The van der Waals surface area contributed by atoms with E-state index in [0.29, 0.717) is 6.54 Å². The average Bonchev–Trinajstić information content (AvgIpc) is 3.13. The number of anilines is 1. The number of hydrogen-bond acceptors (Lipinski definition) is 5. The second-order valence-corrected chi connectivity index (χ2v) is 7.20. The molecule has 1 aliphatic carbocycles. The zero-order chi connectivity index (χ0) is 15.8. The van der Waals surface area contributed by atoms with Gasteiger partial charge in [0.05, 0.1) is 30.0 Å². The number of amides is 1. The van der Waals surface area contributed by atoms with Gasteiger partial charge in [0.25, 0.3) is 0 Å². The highest BCUT2D eigenvalue weighted by molar-refractivity contribution is 7.22. The molecule has 0 spiro atoms. The molecule has 2 heterocycles. The van der Waals surface area contributed by atoms with E-state index in [2.05, 4.69) is 4.98 Å². The number of carbonyl (C=O) groups excluding carboxylic acids is 1.